The fourth-order valence-electron chi connectivity index (χ4n) is 0.946. The van der Waals surface area contributed by atoms with Crippen molar-refractivity contribution < 1.29 is 19.1 Å². The molecule has 0 aliphatic rings. The summed E-state index contributed by atoms with van der Waals surface area (Å²) in [5, 5.41) is 10.9. The van der Waals surface area contributed by atoms with E-state index < -0.39 is 23.6 Å². The average Bonchev–Trinajstić information content (AvgIpc) is 2.22. The molecule has 0 bridgehead atoms. The maximum atomic E-state index is 12.9. The molecule has 16 heavy (non-hydrogen) atoms. The maximum absolute atomic E-state index is 12.9. The van der Waals surface area contributed by atoms with Gasteiger partial charge in [-0.05, 0) is 41.1 Å². The number of anilines is 1. The first-order valence-corrected chi connectivity index (χ1v) is 5.20. The summed E-state index contributed by atoms with van der Waals surface area (Å²) in [6.45, 7) is 1.25. The number of halogens is 2. The predicted octanol–water partition coefficient (Wildman–Crippen LogP) is 2.25. The average molecular weight is 290 g/mol. The van der Waals surface area contributed by atoms with Crippen molar-refractivity contribution in [2.75, 3.05) is 5.32 Å². The molecule has 4 nitrogen and oxygen atoms in total. The van der Waals surface area contributed by atoms with Crippen LogP contribution in [0.2, 0.25) is 0 Å². The van der Waals surface area contributed by atoms with Crippen molar-refractivity contribution >= 4 is 33.5 Å². The number of benzene rings is 1. The highest BCUT2D eigenvalue weighted by Crippen LogP contribution is 2.23. The third-order valence-corrected chi connectivity index (χ3v) is 2.64. The normalized spacial score (nSPS) is 11.9. The van der Waals surface area contributed by atoms with E-state index in [-0.39, 0.29) is 5.69 Å². The van der Waals surface area contributed by atoms with E-state index in [9.17, 15) is 14.0 Å². The van der Waals surface area contributed by atoms with Crippen molar-refractivity contribution in [3.8, 4) is 0 Å². The van der Waals surface area contributed by atoms with Crippen LogP contribution in [0.5, 0.6) is 0 Å². The van der Waals surface area contributed by atoms with E-state index in [0.29, 0.717) is 4.47 Å². The van der Waals surface area contributed by atoms with Gasteiger partial charge in [0, 0.05) is 4.47 Å². The molecule has 0 fully saturated rings. The Morgan fingerprint density at radius 2 is 2.12 bits per heavy atom. The Labute approximate surface area is 99.6 Å². The topological polar surface area (TPSA) is 66.4 Å². The van der Waals surface area contributed by atoms with Crippen LogP contribution < -0.4 is 5.32 Å². The Morgan fingerprint density at radius 1 is 1.50 bits per heavy atom. The number of hydrogen-bond acceptors (Lipinski definition) is 2. The summed E-state index contributed by atoms with van der Waals surface area (Å²) in [6, 6.07) is 3.76. The highest BCUT2D eigenvalue weighted by Gasteiger charge is 2.21. The van der Waals surface area contributed by atoms with Gasteiger partial charge in [0.2, 0.25) is 5.91 Å². The summed E-state index contributed by atoms with van der Waals surface area (Å²) in [4.78, 5) is 21.9. The number of carbonyl (C=O) groups excluding carboxylic acids is 1. The molecule has 2 N–H and O–H groups in total. The maximum Gasteiger partial charge on any atom is 0.315 e. The minimum absolute atomic E-state index is 0.207. The third-order valence-electron chi connectivity index (χ3n) is 1.95. The summed E-state index contributed by atoms with van der Waals surface area (Å²) in [6.07, 6.45) is 0. The Hall–Kier alpha value is -1.43. The molecule has 86 valence electrons. The van der Waals surface area contributed by atoms with Gasteiger partial charge in [0.05, 0.1) is 5.69 Å². The second-order valence-corrected chi connectivity index (χ2v) is 4.03. The molecule has 0 radical (unpaired) electrons. The molecule has 1 atom stereocenters. The molecule has 1 rings (SSSR count). The molecule has 0 aromatic heterocycles. The first kappa shape index (κ1) is 12.6. The molecule has 1 unspecified atom stereocenters. The van der Waals surface area contributed by atoms with Crippen LogP contribution in [0, 0.1) is 11.7 Å². The monoisotopic (exact) mass is 289 g/mol. The molecule has 0 saturated carbocycles. The number of hydrogen-bond donors (Lipinski definition) is 2. The zero-order chi connectivity index (χ0) is 12.3. The Morgan fingerprint density at radius 3 is 2.69 bits per heavy atom. The number of nitrogens with one attached hydrogen (secondary N) is 1. The molecule has 1 amide bonds. The van der Waals surface area contributed by atoms with E-state index in [1.807, 2.05) is 0 Å². The zero-order valence-electron chi connectivity index (χ0n) is 8.33. The van der Waals surface area contributed by atoms with E-state index in [4.69, 9.17) is 5.11 Å². The molecular formula is C10H9BrFNO3. The van der Waals surface area contributed by atoms with Crippen molar-refractivity contribution in [3.05, 3.63) is 28.5 Å². The molecule has 0 spiro atoms. The summed E-state index contributed by atoms with van der Waals surface area (Å²) >= 11 is 3.12. The van der Waals surface area contributed by atoms with Crippen LogP contribution in [0.1, 0.15) is 6.92 Å². The standard InChI is InChI=1S/C10H9BrFNO3/c1-5(10(15)16)9(14)13-8-4-6(12)2-3-7(8)11/h2-5H,1H3,(H,13,14)(H,15,16). The molecule has 0 aliphatic carbocycles. The van der Waals surface area contributed by atoms with Gasteiger partial charge in [-0.1, -0.05) is 0 Å². The van der Waals surface area contributed by atoms with Crippen LogP contribution >= 0.6 is 15.9 Å². The van der Waals surface area contributed by atoms with E-state index in [1.165, 1.54) is 19.1 Å². The van der Waals surface area contributed by atoms with Crippen LogP contribution in [0.3, 0.4) is 0 Å². The van der Waals surface area contributed by atoms with Crippen molar-refractivity contribution in [1.29, 1.82) is 0 Å². The van der Waals surface area contributed by atoms with Crippen molar-refractivity contribution in [3.63, 3.8) is 0 Å². The number of carbonyl (C=O) groups is 2. The van der Waals surface area contributed by atoms with Crippen LogP contribution in [0.4, 0.5) is 10.1 Å². The lowest BCUT2D eigenvalue weighted by molar-refractivity contribution is -0.144. The smallest absolute Gasteiger partial charge is 0.315 e. The minimum Gasteiger partial charge on any atom is -0.481 e. The van der Waals surface area contributed by atoms with Gasteiger partial charge in [-0.25, -0.2) is 4.39 Å². The lowest BCUT2D eigenvalue weighted by Crippen LogP contribution is -2.27. The zero-order valence-corrected chi connectivity index (χ0v) is 9.92. The van der Waals surface area contributed by atoms with Crippen LogP contribution in [0.15, 0.2) is 22.7 Å². The third kappa shape index (κ3) is 3.03. The summed E-state index contributed by atoms with van der Waals surface area (Å²) in [7, 11) is 0. The van der Waals surface area contributed by atoms with Gasteiger partial charge in [-0.2, -0.15) is 0 Å². The Balaban J connectivity index is 2.84. The van der Waals surface area contributed by atoms with Crippen molar-refractivity contribution in [2.24, 2.45) is 5.92 Å². The van der Waals surface area contributed by atoms with Crippen LogP contribution in [-0.4, -0.2) is 17.0 Å². The van der Waals surface area contributed by atoms with Gasteiger partial charge in [-0.3, -0.25) is 9.59 Å². The Bertz CT molecular complexity index is 436. The second kappa shape index (κ2) is 5.07. The van der Waals surface area contributed by atoms with E-state index in [1.54, 1.807) is 0 Å². The molecule has 1 aromatic rings. The number of amides is 1. The van der Waals surface area contributed by atoms with Gasteiger partial charge >= 0.3 is 5.97 Å². The second-order valence-electron chi connectivity index (χ2n) is 3.17. The SMILES string of the molecule is CC(C(=O)O)C(=O)Nc1cc(F)ccc1Br. The summed E-state index contributed by atoms with van der Waals surface area (Å²) in [5.41, 5.74) is 0.207. The fourth-order valence-corrected chi connectivity index (χ4v) is 1.29. The van der Waals surface area contributed by atoms with Gasteiger partial charge in [0.25, 0.3) is 0 Å². The summed E-state index contributed by atoms with van der Waals surface area (Å²) < 4.78 is 13.4. The first-order valence-electron chi connectivity index (χ1n) is 4.40. The molecule has 0 saturated heterocycles. The predicted molar refractivity (Wildman–Crippen MR) is 59.5 cm³/mol. The van der Waals surface area contributed by atoms with E-state index in [2.05, 4.69) is 21.2 Å². The number of rotatable bonds is 3. The van der Waals surface area contributed by atoms with Crippen LogP contribution in [0.25, 0.3) is 0 Å². The van der Waals surface area contributed by atoms with Gasteiger partial charge in [0.15, 0.2) is 0 Å². The number of carboxylic acid groups (broad SMARTS) is 1. The van der Waals surface area contributed by atoms with Gasteiger partial charge in [0.1, 0.15) is 11.7 Å². The lowest BCUT2D eigenvalue weighted by Gasteiger charge is -2.09. The number of aliphatic carboxylic acids is 1. The first-order chi connectivity index (χ1) is 7.41. The molecular weight excluding hydrogens is 281 g/mol. The van der Waals surface area contributed by atoms with Crippen molar-refractivity contribution in [2.45, 2.75) is 6.92 Å². The summed E-state index contributed by atoms with van der Waals surface area (Å²) in [5.74, 6) is -3.62. The fraction of sp³-hybridized carbons (Fsp3) is 0.200. The van der Waals surface area contributed by atoms with Gasteiger partial charge in [-0.15, -0.1) is 0 Å². The molecule has 1 aromatic carbocycles. The number of carboxylic acids is 1. The lowest BCUT2D eigenvalue weighted by atomic mass is 10.1. The highest BCUT2D eigenvalue weighted by molar-refractivity contribution is 9.10. The quantitative estimate of drug-likeness (QED) is 0.839. The molecule has 0 heterocycles. The van der Waals surface area contributed by atoms with E-state index in [0.717, 1.165) is 6.07 Å². The molecule has 0 aliphatic heterocycles. The van der Waals surface area contributed by atoms with E-state index >= 15 is 0 Å². The van der Waals surface area contributed by atoms with Crippen LogP contribution in [-0.2, 0) is 9.59 Å². The minimum atomic E-state index is -1.23. The largest absolute Gasteiger partial charge is 0.481 e. The molecule has 6 heteroatoms. The van der Waals surface area contributed by atoms with Crippen molar-refractivity contribution in [1.82, 2.24) is 0 Å². The van der Waals surface area contributed by atoms with Gasteiger partial charge < -0.3 is 10.4 Å². The Kier molecular flexibility index (Phi) is 4.00. The highest BCUT2D eigenvalue weighted by atomic mass is 79.9.